The van der Waals surface area contributed by atoms with E-state index in [1.54, 1.807) is 0 Å². The number of hydrogen-bond acceptors (Lipinski definition) is 0. The Morgan fingerprint density at radius 2 is 1.65 bits per heavy atom. The van der Waals surface area contributed by atoms with Crippen molar-refractivity contribution < 1.29 is 0 Å². The molecule has 0 aliphatic heterocycles. The second kappa shape index (κ2) is 8.81. The first-order chi connectivity index (χ1) is 8.36. The Labute approximate surface area is 106 Å². The van der Waals surface area contributed by atoms with Crippen LogP contribution < -0.4 is 0 Å². The standard InChI is InChI=1S/C9H16.C8H8/c1-2-6-9-7-4-3-5-8-9;1-2-8-6-4-3-5-7-8/h2,9H,1,3-8H2;2-7H,1H2. The van der Waals surface area contributed by atoms with Gasteiger partial charge in [-0.25, -0.2) is 0 Å². The third-order valence-electron chi connectivity index (χ3n) is 3.26. The van der Waals surface area contributed by atoms with Crippen molar-refractivity contribution in [2.24, 2.45) is 5.92 Å². The van der Waals surface area contributed by atoms with Crippen molar-refractivity contribution in [2.45, 2.75) is 38.5 Å². The maximum absolute atomic E-state index is 3.75. The molecule has 0 atom stereocenters. The van der Waals surface area contributed by atoms with E-state index in [0.29, 0.717) is 0 Å². The van der Waals surface area contributed by atoms with Gasteiger partial charge in [0, 0.05) is 0 Å². The average molecular weight is 228 g/mol. The lowest BCUT2D eigenvalue weighted by atomic mass is 9.87. The van der Waals surface area contributed by atoms with Gasteiger partial charge in [0.25, 0.3) is 0 Å². The van der Waals surface area contributed by atoms with Gasteiger partial charge < -0.3 is 0 Å². The van der Waals surface area contributed by atoms with E-state index in [9.17, 15) is 0 Å². The first-order valence-corrected chi connectivity index (χ1v) is 6.65. The van der Waals surface area contributed by atoms with Crippen molar-refractivity contribution in [3.63, 3.8) is 0 Å². The molecule has 0 spiro atoms. The SMILES string of the molecule is C=CCC1CCCCC1.C=Cc1ccccc1. The fourth-order valence-electron chi connectivity index (χ4n) is 2.25. The Kier molecular flexibility index (Phi) is 7.13. The summed E-state index contributed by atoms with van der Waals surface area (Å²) in [6.07, 6.45) is 12.4. The molecule has 0 nitrogen and oxygen atoms in total. The molecule has 0 N–H and O–H groups in total. The van der Waals surface area contributed by atoms with Crippen LogP contribution in [0.4, 0.5) is 0 Å². The third kappa shape index (κ3) is 6.11. The monoisotopic (exact) mass is 228 g/mol. The minimum atomic E-state index is 0.983. The molecule has 17 heavy (non-hydrogen) atoms. The molecule has 0 heteroatoms. The Hall–Kier alpha value is -1.30. The average Bonchev–Trinajstić information content (AvgIpc) is 2.42. The van der Waals surface area contributed by atoms with Gasteiger partial charge in [-0.15, -0.1) is 6.58 Å². The maximum atomic E-state index is 3.75. The molecule has 1 fully saturated rings. The van der Waals surface area contributed by atoms with E-state index in [1.807, 2.05) is 36.4 Å². The van der Waals surface area contributed by atoms with Crippen LogP contribution in [0.15, 0.2) is 49.6 Å². The molecule has 92 valence electrons. The van der Waals surface area contributed by atoms with Crippen molar-refractivity contribution >= 4 is 6.08 Å². The normalized spacial score (nSPS) is 15.5. The number of rotatable bonds is 3. The maximum Gasteiger partial charge on any atom is -0.0263 e. The molecule has 1 saturated carbocycles. The number of hydrogen-bond donors (Lipinski definition) is 0. The second-order valence-corrected chi connectivity index (χ2v) is 4.64. The zero-order valence-electron chi connectivity index (χ0n) is 10.8. The van der Waals surface area contributed by atoms with Crippen LogP contribution in [0, 0.1) is 5.92 Å². The predicted molar refractivity (Wildman–Crippen MR) is 77.9 cm³/mol. The first-order valence-electron chi connectivity index (χ1n) is 6.65. The van der Waals surface area contributed by atoms with E-state index in [-0.39, 0.29) is 0 Å². The topological polar surface area (TPSA) is 0 Å². The van der Waals surface area contributed by atoms with Crippen molar-refractivity contribution in [3.8, 4) is 0 Å². The second-order valence-electron chi connectivity index (χ2n) is 4.64. The molecular formula is C17H24. The Balaban J connectivity index is 0.000000171. The van der Waals surface area contributed by atoms with Gasteiger partial charge in [0.1, 0.15) is 0 Å². The van der Waals surface area contributed by atoms with Crippen molar-refractivity contribution in [1.82, 2.24) is 0 Å². The van der Waals surface area contributed by atoms with Crippen molar-refractivity contribution in [3.05, 3.63) is 55.1 Å². The van der Waals surface area contributed by atoms with Gasteiger partial charge in [-0.2, -0.15) is 0 Å². The van der Waals surface area contributed by atoms with E-state index in [1.165, 1.54) is 44.1 Å². The fourth-order valence-corrected chi connectivity index (χ4v) is 2.25. The van der Waals surface area contributed by atoms with Gasteiger partial charge >= 0.3 is 0 Å². The van der Waals surface area contributed by atoms with Crippen LogP contribution in [-0.2, 0) is 0 Å². The van der Waals surface area contributed by atoms with E-state index in [4.69, 9.17) is 0 Å². The van der Waals surface area contributed by atoms with Crippen LogP contribution >= 0.6 is 0 Å². The van der Waals surface area contributed by atoms with E-state index < -0.39 is 0 Å². The summed E-state index contributed by atoms with van der Waals surface area (Å²) in [7, 11) is 0. The van der Waals surface area contributed by atoms with Crippen LogP contribution in [0.3, 0.4) is 0 Å². The molecule has 1 aromatic carbocycles. The summed E-state index contributed by atoms with van der Waals surface area (Å²) in [6.45, 7) is 7.39. The van der Waals surface area contributed by atoms with E-state index in [2.05, 4.69) is 19.2 Å². The summed E-state index contributed by atoms with van der Waals surface area (Å²) >= 11 is 0. The van der Waals surface area contributed by atoms with Crippen LogP contribution in [0.2, 0.25) is 0 Å². The molecule has 0 radical (unpaired) electrons. The van der Waals surface area contributed by atoms with Crippen LogP contribution in [0.5, 0.6) is 0 Å². The summed E-state index contributed by atoms with van der Waals surface area (Å²) in [6, 6.07) is 10.0. The summed E-state index contributed by atoms with van der Waals surface area (Å²) < 4.78 is 0. The van der Waals surface area contributed by atoms with Gasteiger partial charge in [-0.3, -0.25) is 0 Å². The molecule has 2 rings (SSSR count). The quantitative estimate of drug-likeness (QED) is 0.601. The molecule has 1 aliphatic rings. The zero-order valence-corrected chi connectivity index (χ0v) is 10.8. The zero-order chi connectivity index (χ0) is 12.3. The number of allylic oxidation sites excluding steroid dienone is 1. The highest BCUT2D eigenvalue weighted by Gasteiger charge is 2.10. The summed E-state index contributed by atoms with van der Waals surface area (Å²) in [5.74, 6) is 0.983. The molecule has 0 saturated heterocycles. The van der Waals surface area contributed by atoms with E-state index >= 15 is 0 Å². The molecule has 0 aromatic heterocycles. The highest BCUT2D eigenvalue weighted by atomic mass is 14.2. The molecular weight excluding hydrogens is 204 g/mol. The molecule has 0 unspecified atom stereocenters. The van der Waals surface area contributed by atoms with Gasteiger partial charge in [0.15, 0.2) is 0 Å². The molecule has 0 amide bonds. The number of benzene rings is 1. The molecule has 0 bridgehead atoms. The predicted octanol–water partition coefficient (Wildman–Crippen LogP) is 5.47. The highest BCUT2D eigenvalue weighted by molar-refractivity contribution is 5.45. The van der Waals surface area contributed by atoms with Gasteiger partial charge in [0.05, 0.1) is 0 Å². The summed E-state index contributed by atoms with van der Waals surface area (Å²) in [5, 5.41) is 0. The van der Waals surface area contributed by atoms with Crippen molar-refractivity contribution in [1.29, 1.82) is 0 Å². The van der Waals surface area contributed by atoms with Gasteiger partial charge in [0.2, 0.25) is 0 Å². The Morgan fingerprint density at radius 3 is 2.12 bits per heavy atom. The molecule has 0 heterocycles. The Morgan fingerprint density at radius 1 is 1.00 bits per heavy atom. The lowest BCUT2D eigenvalue weighted by Gasteiger charge is -2.19. The highest BCUT2D eigenvalue weighted by Crippen LogP contribution is 2.25. The minimum absolute atomic E-state index is 0.983. The molecule has 1 aromatic rings. The van der Waals surface area contributed by atoms with E-state index in [0.717, 1.165) is 5.92 Å². The largest absolute Gasteiger partial charge is 0.103 e. The Bertz CT molecular complexity index is 304. The van der Waals surface area contributed by atoms with Gasteiger partial charge in [-0.1, -0.05) is 81.2 Å². The first kappa shape index (κ1) is 13.8. The lowest BCUT2D eigenvalue weighted by Crippen LogP contribution is -2.04. The van der Waals surface area contributed by atoms with Crippen molar-refractivity contribution in [2.75, 3.05) is 0 Å². The minimum Gasteiger partial charge on any atom is -0.103 e. The van der Waals surface area contributed by atoms with Crippen LogP contribution in [-0.4, -0.2) is 0 Å². The lowest BCUT2D eigenvalue weighted by molar-refractivity contribution is 0.361. The third-order valence-corrected chi connectivity index (χ3v) is 3.26. The smallest absolute Gasteiger partial charge is 0.0263 e. The van der Waals surface area contributed by atoms with Crippen LogP contribution in [0.1, 0.15) is 44.1 Å². The van der Waals surface area contributed by atoms with Crippen LogP contribution in [0.25, 0.3) is 6.08 Å². The molecule has 1 aliphatic carbocycles. The van der Waals surface area contributed by atoms with Gasteiger partial charge in [-0.05, 0) is 17.9 Å². The summed E-state index contributed by atoms with van der Waals surface area (Å²) in [5.41, 5.74) is 1.17. The summed E-state index contributed by atoms with van der Waals surface area (Å²) in [4.78, 5) is 0. The fraction of sp³-hybridized carbons (Fsp3) is 0.412.